The van der Waals surface area contributed by atoms with E-state index in [0.717, 1.165) is 0 Å². The summed E-state index contributed by atoms with van der Waals surface area (Å²) in [4.78, 5) is 10.9. The number of hydrogen-bond acceptors (Lipinski definition) is 1. The lowest BCUT2D eigenvalue weighted by Crippen LogP contribution is -2.24. The molecule has 1 aromatic carbocycles. The van der Waals surface area contributed by atoms with Gasteiger partial charge in [0, 0.05) is 3.57 Å². The molecule has 0 aliphatic rings. The van der Waals surface area contributed by atoms with E-state index in [4.69, 9.17) is 0 Å². The molecule has 0 aromatic heterocycles. The van der Waals surface area contributed by atoms with Crippen molar-refractivity contribution in [1.29, 1.82) is 0 Å². The van der Waals surface area contributed by atoms with Crippen molar-refractivity contribution in [2.75, 3.05) is 0 Å². The van der Waals surface area contributed by atoms with Crippen LogP contribution in [0.4, 0.5) is 26.3 Å². The number of carbonyl (C=O) groups is 1. The Kier molecular flexibility index (Phi) is 3.84. The summed E-state index contributed by atoms with van der Waals surface area (Å²) in [6.07, 6.45) is -10.5. The molecule has 9 heteroatoms. The first-order valence-corrected chi connectivity index (χ1v) is 5.30. The highest BCUT2D eigenvalue weighted by Crippen LogP contribution is 2.42. The second-order valence-electron chi connectivity index (χ2n) is 3.24. The number of carbonyl (C=O) groups excluding carboxylic acids is 1. The summed E-state index contributed by atoms with van der Waals surface area (Å²) in [6.45, 7) is 0. The minimum Gasteiger partial charge on any atom is -0.366 e. The zero-order chi connectivity index (χ0) is 14.3. The van der Waals surface area contributed by atoms with E-state index < -0.39 is 35.0 Å². The highest BCUT2D eigenvalue weighted by Gasteiger charge is 2.45. The summed E-state index contributed by atoms with van der Waals surface area (Å²) in [5, 5.41) is 0. The normalized spacial score (nSPS) is 12.6. The van der Waals surface area contributed by atoms with Gasteiger partial charge in [-0.15, -0.1) is 0 Å². The maximum atomic E-state index is 12.6. The van der Waals surface area contributed by atoms with Gasteiger partial charge in [-0.25, -0.2) is 0 Å². The molecular weight excluding hydrogens is 379 g/mol. The Bertz CT molecular complexity index is 493. The lowest BCUT2D eigenvalue weighted by Gasteiger charge is -2.18. The lowest BCUT2D eigenvalue weighted by molar-refractivity contribution is -0.162. The SMILES string of the molecule is NC(=O)c1cc(I)cc(C(F)(F)F)c1C(F)(F)F. The average molecular weight is 383 g/mol. The van der Waals surface area contributed by atoms with Crippen LogP contribution in [0.2, 0.25) is 0 Å². The van der Waals surface area contributed by atoms with Gasteiger partial charge in [-0.2, -0.15) is 26.3 Å². The number of benzene rings is 1. The van der Waals surface area contributed by atoms with Gasteiger partial charge in [0.1, 0.15) is 0 Å². The summed E-state index contributed by atoms with van der Waals surface area (Å²) >= 11 is 1.37. The van der Waals surface area contributed by atoms with Crippen LogP contribution in [0.3, 0.4) is 0 Å². The number of halogens is 7. The van der Waals surface area contributed by atoms with E-state index in [2.05, 4.69) is 5.73 Å². The monoisotopic (exact) mass is 383 g/mol. The van der Waals surface area contributed by atoms with Crippen molar-refractivity contribution in [1.82, 2.24) is 0 Å². The minimum absolute atomic E-state index is 0.165. The quantitative estimate of drug-likeness (QED) is 0.586. The maximum Gasteiger partial charge on any atom is 0.417 e. The van der Waals surface area contributed by atoms with Crippen molar-refractivity contribution >= 4 is 28.5 Å². The van der Waals surface area contributed by atoms with Crippen LogP contribution in [-0.4, -0.2) is 5.91 Å². The second-order valence-corrected chi connectivity index (χ2v) is 4.48. The Labute approximate surface area is 110 Å². The third-order valence-electron chi connectivity index (χ3n) is 1.96. The maximum absolute atomic E-state index is 12.6. The van der Waals surface area contributed by atoms with Gasteiger partial charge in [0.2, 0.25) is 5.91 Å². The van der Waals surface area contributed by atoms with Gasteiger partial charge in [0.25, 0.3) is 0 Å². The van der Waals surface area contributed by atoms with Gasteiger partial charge in [-0.3, -0.25) is 4.79 Å². The highest BCUT2D eigenvalue weighted by molar-refractivity contribution is 14.1. The molecule has 1 amide bonds. The van der Waals surface area contributed by atoms with Crippen molar-refractivity contribution in [3.05, 3.63) is 32.4 Å². The van der Waals surface area contributed by atoms with E-state index >= 15 is 0 Å². The van der Waals surface area contributed by atoms with E-state index in [0.29, 0.717) is 12.1 Å². The number of nitrogens with two attached hydrogens (primary N) is 1. The van der Waals surface area contributed by atoms with E-state index in [-0.39, 0.29) is 3.57 Å². The molecule has 0 aliphatic heterocycles. The second kappa shape index (κ2) is 4.59. The van der Waals surface area contributed by atoms with Crippen LogP contribution in [0.1, 0.15) is 21.5 Å². The third-order valence-corrected chi connectivity index (χ3v) is 2.58. The number of rotatable bonds is 1. The fraction of sp³-hybridized carbons (Fsp3) is 0.222. The summed E-state index contributed by atoms with van der Waals surface area (Å²) in [5.41, 5.74) is -0.484. The number of amides is 1. The number of hydrogen-bond donors (Lipinski definition) is 1. The number of alkyl halides is 6. The summed E-state index contributed by atoms with van der Waals surface area (Å²) in [5.74, 6) is -1.56. The molecule has 18 heavy (non-hydrogen) atoms. The first kappa shape index (κ1) is 15.1. The van der Waals surface area contributed by atoms with Crippen LogP contribution in [0.5, 0.6) is 0 Å². The highest BCUT2D eigenvalue weighted by atomic mass is 127. The molecule has 2 nitrogen and oxygen atoms in total. The zero-order valence-corrected chi connectivity index (χ0v) is 10.4. The third kappa shape index (κ3) is 3.06. The molecule has 0 saturated carbocycles. The van der Waals surface area contributed by atoms with E-state index in [1.807, 2.05) is 0 Å². The Hall–Kier alpha value is -1.00. The molecule has 0 aliphatic carbocycles. The molecule has 1 rings (SSSR count). The molecule has 0 atom stereocenters. The van der Waals surface area contributed by atoms with Crippen molar-refractivity contribution in [3.8, 4) is 0 Å². The largest absolute Gasteiger partial charge is 0.417 e. The molecule has 0 spiro atoms. The van der Waals surface area contributed by atoms with Gasteiger partial charge in [-0.05, 0) is 34.7 Å². The van der Waals surface area contributed by atoms with Crippen molar-refractivity contribution in [2.24, 2.45) is 5.73 Å². The summed E-state index contributed by atoms with van der Waals surface area (Å²) < 4.78 is 75.3. The lowest BCUT2D eigenvalue weighted by atomic mass is 9.99. The van der Waals surface area contributed by atoms with Crippen molar-refractivity contribution < 1.29 is 31.1 Å². The van der Waals surface area contributed by atoms with Crippen LogP contribution in [-0.2, 0) is 12.4 Å². The summed E-state index contributed by atoms with van der Waals surface area (Å²) in [7, 11) is 0. The molecule has 0 saturated heterocycles. The van der Waals surface area contributed by atoms with Crippen molar-refractivity contribution in [3.63, 3.8) is 0 Å². The fourth-order valence-electron chi connectivity index (χ4n) is 1.33. The van der Waals surface area contributed by atoms with Crippen molar-refractivity contribution in [2.45, 2.75) is 12.4 Å². The van der Waals surface area contributed by atoms with Gasteiger partial charge in [0.15, 0.2) is 0 Å². The Morgan fingerprint density at radius 1 is 1.06 bits per heavy atom. The first-order valence-electron chi connectivity index (χ1n) is 4.22. The van der Waals surface area contributed by atoms with E-state index in [9.17, 15) is 31.1 Å². The smallest absolute Gasteiger partial charge is 0.366 e. The topological polar surface area (TPSA) is 43.1 Å². The average Bonchev–Trinajstić information content (AvgIpc) is 2.12. The van der Waals surface area contributed by atoms with Crippen LogP contribution in [0.25, 0.3) is 0 Å². The molecular formula is C9H4F6INO. The molecule has 0 heterocycles. The molecule has 0 fully saturated rings. The molecule has 100 valence electrons. The molecule has 1 aromatic rings. The molecule has 0 bridgehead atoms. The van der Waals surface area contributed by atoms with Gasteiger partial charge < -0.3 is 5.73 Å². The Balaban J connectivity index is 3.76. The van der Waals surface area contributed by atoms with Gasteiger partial charge >= 0.3 is 12.4 Å². The van der Waals surface area contributed by atoms with Crippen LogP contribution < -0.4 is 5.73 Å². The standard InChI is InChI=1S/C9H4F6INO/c10-8(11,12)5-2-3(16)1-4(7(17)18)6(5)9(13,14)15/h1-2H,(H2,17,18). The first-order chi connectivity index (χ1) is 7.94. The molecule has 0 radical (unpaired) electrons. The van der Waals surface area contributed by atoms with E-state index in [1.165, 1.54) is 22.6 Å². The predicted molar refractivity (Wildman–Crippen MR) is 57.7 cm³/mol. The Morgan fingerprint density at radius 2 is 1.56 bits per heavy atom. The number of primary amides is 1. The van der Waals surface area contributed by atoms with Crippen LogP contribution >= 0.6 is 22.6 Å². The minimum atomic E-state index is -5.32. The van der Waals surface area contributed by atoms with E-state index in [1.54, 1.807) is 0 Å². The van der Waals surface area contributed by atoms with Crippen LogP contribution in [0.15, 0.2) is 12.1 Å². The predicted octanol–water partition coefficient (Wildman–Crippen LogP) is 3.43. The zero-order valence-electron chi connectivity index (χ0n) is 8.29. The van der Waals surface area contributed by atoms with Gasteiger partial charge in [0.05, 0.1) is 16.7 Å². The fourth-order valence-corrected chi connectivity index (χ4v) is 1.95. The molecule has 2 N–H and O–H groups in total. The Morgan fingerprint density at radius 3 is 1.89 bits per heavy atom. The van der Waals surface area contributed by atoms with Crippen LogP contribution in [0, 0.1) is 3.57 Å². The molecule has 0 unspecified atom stereocenters. The van der Waals surface area contributed by atoms with Gasteiger partial charge in [-0.1, -0.05) is 0 Å². The summed E-state index contributed by atoms with van der Waals surface area (Å²) in [6, 6.07) is 0.983.